The molecular weight excluding hydrogens is 312 g/mol. The molecule has 8 nitrogen and oxygen atoms in total. The molecule has 0 fully saturated rings. The summed E-state index contributed by atoms with van der Waals surface area (Å²) in [6.45, 7) is 5.06. The fourth-order valence-corrected chi connectivity index (χ4v) is 3.06. The van der Waals surface area contributed by atoms with Crippen molar-refractivity contribution in [1.82, 2.24) is 4.72 Å². The number of carbonyl (C=O) groups is 1. The van der Waals surface area contributed by atoms with E-state index >= 15 is 0 Å². The first-order valence-electron chi connectivity index (χ1n) is 6.33. The van der Waals surface area contributed by atoms with E-state index in [9.17, 15) is 23.3 Å². The molecule has 0 bridgehead atoms. The summed E-state index contributed by atoms with van der Waals surface area (Å²) in [4.78, 5) is 21.6. The van der Waals surface area contributed by atoms with E-state index < -0.39 is 32.4 Å². The molecule has 22 heavy (non-hydrogen) atoms. The van der Waals surface area contributed by atoms with Crippen molar-refractivity contribution in [2.45, 2.75) is 31.7 Å². The number of methoxy groups -OCH3 is 1. The van der Waals surface area contributed by atoms with Crippen LogP contribution in [0.1, 0.15) is 20.8 Å². The van der Waals surface area contributed by atoms with Crippen molar-refractivity contribution in [2.24, 2.45) is 5.41 Å². The molecule has 0 aliphatic heterocycles. The van der Waals surface area contributed by atoms with Crippen LogP contribution in [0.2, 0.25) is 0 Å². The van der Waals surface area contributed by atoms with Crippen molar-refractivity contribution in [3.05, 3.63) is 34.4 Å². The van der Waals surface area contributed by atoms with Gasteiger partial charge in [-0.1, -0.05) is 20.8 Å². The number of ether oxygens (including phenoxy) is 1. The van der Waals surface area contributed by atoms with E-state index in [-0.39, 0.29) is 10.6 Å². The molecule has 1 aromatic carbocycles. The van der Waals surface area contributed by atoms with Gasteiger partial charge in [-0.15, -0.1) is 0 Å². The summed E-state index contributed by atoms with van der Waals surface area (Å²) in [5, 5.41) is 10.6. The normalized spacial score (nSPS) is 13.5. The number of nitrogens with one attached hydrogen (secondary N) is 1. The summed E-state index contributed by atoms with van der Waals surface area (Å²) >= 11 is 0. The maximum Gasteiger partial charge on any atom is 0.324 e. The van der Waals surface area contributed by atoms with Crippen molar-refractivity contribution in [2.75, 3.05) is 7.11 Å². The molecule has 1 unspecified atom stereocenters. The highest BCUT2D eigenvalue weighted by atomic mass is 32.2. The van der Waals surface area contributed by atoms with E-state index in [4.69, 9.17) is 0 Å². The molecule has 0 heterocycles. The third-order valence-corrected chi connectivity index (χ3v) is 4.37. The highest BCUT2D eigenvalue weighted by molar-refractivity contribution is 7.89. The second kappa shape index (κ2) is 6.41. The zero-order valence-electron chi connectivity index (χ0n) is 12.7. The first kappa shape index (κ1) is 18.1. The van der Waals surface area contributed by atoms with Crippen molar-refractivity contribution in [1.29, 1.82) is 0 Å². The Morgan fingerprint density at radius 2 is 1.77 bits per heavy atom. The van der Waals surface area contributed by atoms with Gasteiger partial charge in [-0.2, -0.15) is 4.72 Å². The Morgan fingerprint density at radius 1 is 1.27 bits per heavy atom. The summed E-state index contributed by atoms with van der Waals surface area (Å²) in [6, 6.07) is 3.30. The minimum Gasteiger partial charge on any atom is -0.468 e. The van der Waals surface area contributed by atoms with Crippen LogP contribution in [0.25, 0.3) is 0 Å². The number of hydrogen-bond donors (Lipinski definition) is 1. The lowest BCUT2D eigenvalue weighted by atomic mass is 9.87. The molecule has 0 saturated carbocycles. The van der Waals surface area contributed by atoms with Crippen molar-refractivity contribution < 1.29 is 22.9 Å². The molecular formula is C13H18N2O6S. The van der Waals surface area contributed by atoms with Gasteiger partial charge in [0.05, 0.1) is 16.9 Å². The molecule has 0 aliphatic rings. The Labute approximate surface area is 128 Å². The fourth-order valence-electron chi connectivity index (χ4n) is 1.67. The lowest BCUT2D eigenvalue weighted by molar-refractivity contribution is -0.384. The predicted octanol–water partition coefficient (Wildman–Crippen LogP) is 1.46. The number of nitrogens with zero attached hydrogens (tertiary/aromatic N) is 1. The lowest BCUT2D eigenvalue weighted by Gasteiger charge is -2.28. The van der Waals surface area contributed by atoms with Gasteiger partial charge < -0.3 is 4.74 Å². The van der Waals surface area contributed by atoms with Gasteiger partial charge in [0.25, 0.3) is 5.69 Å². The Kier molecular flexibility index (Phi) is 5.26. The summed E-state index contributed by atoms with van der Waals surface area (Å²) in [5.41, 5.74) is -0.930. The van der Waals surface area contributed by atoms with E-state index in [1.165, 1.54) is 7.11 Å². The SMILES string of the molecule is COC(=O)C(NS(=O)(=O)c1ccc([N+](=O)[O-])cc1)C(C)(C)C. The first-order chi connectivity index (χ1) is 9.99. The smallest absolute Gasteiger partial charge is 0.324 e. The number of hydrogen-bond acceptors (Lipinski definition) is 6. The van der Waals surface area contributed by atoms with Crippen LogP contribution in [0, 0.1) is 15.5 Å². The van der Waals surface area contributed by atoms with Gasteiger partial charge in [0.1, 0.15) is 6.04 Å². The Bertz CT molecular complexity index is 661. The standard InChI is InChI=1S/C13H18N2O6S/c1-13(2,3)11(12(16)21-4)14-22(19,20)10-7-5-9(6-8-10)15(17)18/h5-8,11,14H,1-4H3. The number of nitro benzene ring substituents is 1. The van der Waals surface area contributed by atoms with E-state index in [0.717, 1.165) is 24.3 Å². The van der Waals surface area contributed by atoms with Gasteiger partial charge in [-0.3, -0.25) is 14.9 Å². The number of non-ortho nitro benzene ring substituents is 1. The van der Waals surface area contributed by atoms with E-state index in [2.05, 4.69) is 9.46 Å². The van der Waals surface area contributed by atoms with Gasteiger partial charge in [-0.05, 0) is 17.5 Å². The van der Waals surface area contributed by atoms with Crippen molar-refractivity contribution in [3.8, 4) is 0 Å². The van der Waals surface area contributed by atoms with Crippen LogP contribution >= 0.6 is 0 Å². The number of rotatable bonds is 5. The average Bonchev–Trinajstić information content (AvgIpc) is 2.43. The average molecular weight is 330 g/mol. The van der Waals surface area contributed by atoms with Gasteiger partial charge in [0.2, 0.25) is 10.0 Å². The van der Waals surface area contributed by atoms with Gasteiger partial charge in [0.15, 0.2) is 0 Å². The van der Waals surface area contributed by atoms with Crippen LogP contribution in [0.15, 0.2) is 29.2 Å². The second-order valence-corrected chi connectivity index (χ2v) is 7.41. The van der Waals surface area contributed by atoms with Gasteiger partial charge >= 0.3 is 5.97 Å². The molecule has 0 aliphatic carbocycles. The Morgan fingerprint density at radius 3 is 2.14 bits per heavy atom. The molecule has 1 N–H and O–H groups in total. The topological polar surface area (TPSA) is 116 Å². The number of sulfonamides is 1. The molecule has 0 saturated heterocycles. The summed E-state index contributed by atoms with van der Waals surface area (Å²) in [7, 11) is -2.85. The molecule has 1 aromatic rings. The van der Waals surface area contributed by atoms with Crippen LogP contribution < -0.4 is 4.72 Å². The number of carbonyl (C=O) groups excluding carboxylic acids is 1. The molecule has 1 rings (SSSR count). The molecule has 122 valence electrons. The highest BCUT2D eigenvalue weighted by Crippen LogP contribution is 2.23. The number of esters is 1. The van der Waals surface area contributed by atoms with Crippen LogP contribution in [0.4, 0.5) is 5.69 Å². The molecule has 9 heteroatoms. The molecule has 0 aromatic heterocycles. The summed E-state index contributed by atoms with van der Waals surface area (Å²) < 4.78 is 31.5. The summed E-state index contributed by atoms with van der Waals surface area (Å²) in [6.07, 6.45) is 0. The highest BCUT2D eigenvalue weighted by Gasteiger charge is 2.36. The van der Waals surface area contributed by atoms with Crippen molar-refractivity contribution in [3.63, 3.8) is 0 Å². The Hall–Kier alpha value is -2.00. The molecule has 0 radical (unpaired) electrons. The number of benzene rings is 1. The quantitative estimate of drug-likeness (QED) is 0.496. The maximum atomic E-state index is 12.3. The zero-order valence-corrected chi connectivity index (χ0v) is 13.5. The minimum atomic E-state index is -4.01. The zero-order chi connectivity index (χ0) is 17.1. The van der Waals surface area contributed by atoms with Crippen LogP contribution in [-0.2, 0) is 19.6 Å². The van der Waals surface area contributed by atoms with Gasteiger partial charge in [-0.25, -0.2) is 8.42 Å². The van der Waals surface area contributed by atoms with Crippen LogP contribution in [0.5, 0.6) is 0 Å². The predicted molar refractivity (Wildman–Crippen MR) is 78.7 cm³/mol. The van der Waals surface area contributed by atoms with E-state index in [1.54, 1.807) is 20.8 Å². The van der Waals surface area contributed by atoms with Crippen LogP contribution in [-0.4, -0.2) is 32.5 Å². The number of nitro groups is 1. The largest absolute Gasteiger partial charge is 0.468 e. The minimum absolute atomic E-state index is 0.170. The monoisotopic (exact) mass is 330 g/mol. The maximum absolute atomic E-state index is 12.3. The second-order valence-electron chi connectivity index (χ2n) is 5.69. The molecule has 0 spiro atoms. The molecule has 0 amide bonds. The lowest BCUT2D eigenvalue weighted by Crippen LogP contribution is -2.49. The summed E-state index contributed by atoms with van der Waals surface area (Å²) in [5.74, 6) is -0.710. The fraction of sp³-hybridized carbons (Fsp3) is 0.462. The Balaban J connectivity index is 3.12. The first-order valence-corrected chi connectivity index (χ1v) is 7.82. The van der Waals surface area contributed by atoms with Crippen LogP contribution in [0.3, 0.4) is 0 Å². The van der Waals surface area contributed by atoms with E-state index in [0.29, 0.717) is 0 Å². The molecule has 1 atom stereocenters. The van der Waals surface area contributed by atoms with Crippen molar-refractivity contribution >= 4 is 21.7 Å². The third-order valence-electron chi connectivity index (χ3n) is 2.93. The third kappa shape index (κ3) is 4.25. The van der Waals surface area contributed by atoms with E-state index in [1.807, 2.05) is 0 Å². The van der Waals surface area contributed by atoms with Gasteiger partial charge in [0, 0.05) is 12.1 Å².